The summed E-state index contributed by atoms with van der Waals surface area (Å²) in [5.74, 6) is 2.11. The molecule has 0 saturated carbocycles. The number of nitrogens with one attached hydrogen (secondary N) is 1. The van der Waals surface area contributed by atoms with Crippen LogP contribution < -0.4 is 14.8 Å². The number of carbonyl (C=O) groups is 1. The van der Waals surface area contributed by atoms with Gasteiger partial charge in [-0.2, -0.15) is 4.98 Å². The smallest absolute Gasteiger partial charge is 0.241 e. The monoisotopic (exact) mass is 408 g/mol. The number of hydrogen-bond acceptors (Lipinski definition) is 7. The van der Waals surface area contributed by atoms with Crippen molar-refractivity contribution in [3.63, 3.8) is 0 Å². The number of aromatic nitrogens is 2. The average molecular weight is 408 g/mol. The van der Waals surface area contributed by atoms with Crippen LogP contribution in [0.1, 0.15) is 17.0 Å². The number of likely N-dealkylation sites (N-methyl/N-ethyl adjacent to an activating group) is 1. The number of carbonyl (C=O) groups excluding carboxylic acids is 1. The van der Waals surface area contributed by atoms with E-state index in [9.17, 15) is 4.79 Å². The SMILES string of the molecule is CNC(=O)[C@H]1Cc2ccccc2CN1Cc1nc(-c2ccc(OC)c(OC)c2)no1. The summed E-state index contributed by atoms with van der Waals surface area (Å²) in [6.45, 7) is 1.02. The van der Waals surface area contributed by atoms with Gasteiger partial charge >= 0.3 is 0 Å². The number of benzene rings is 2. The molecule has 0 bridgehead atoms. The molecule has 1 aliphatic rings. The lowest BCUT2D eigenvalue weighted by molar-refractivity contribution is -0.127. The largest absolute Gasteiger partial charge is 0.493 e. The van der Waals surface area contributed by atoms with Gasteiger partial charge in [-0.05, 0) is 35.7 Å². The molecular weight excluding hydrogens is 384 g/mol. The zero-order valence-corrected chi connectivity index (χ0v) is 17.2. The highest BCUT2D eigenvalue weighted by Gasteiger charge is 2.32. The van der Waals surface area contributed by atoms with Gasteiger partial charge in [0.05, 0.1) is 26.8 Å². The van der Waals surface area contributed by atoms with Gasteiger partial charge in [-0.15, -0.1) is 0 Å². The van der Waals surface area contributed by atoms with E-state index in [1.807, 2.05) is 18.2 Å². The van der Waals surface area contributed by atoms with E-state index in [0.29, 0.717) is 42.7 Å². The van der Waals surface area contributed by atoms with Crippen LogP contribution in [0.5, 0.6) is 11.5 Å². The summed E-state index contributed by atoms with van der Waals surface area (Å²) in [6.07, 6.45) is 0.645. The Balaban J connectivity index is 1.57. The van der Waals surface area contributed by atoms with Crippen LogP contribution in [0.4, 0.5) is 0 Å². The van der Waals surface area contributed by atoms with E-state index in [1.165, 1.54) is 11.1 Å². The maximum atomic E-state index is 12.5. The van der Waals surface area contributed by atoms with Crippen molar-refractivity contribution in [1.29, 1.82) is 0 Å². The zero-order valence-electron chi connectivity index (χ0n) is 17.2. The van der Waals surface area contributed by atoms with Gasteiger partial charge in [0.1, 0.15) is 0 Å². The first kappa shape index (κ1) is 19.9. The van der Waals surface area contributed by atoms with Crippen LogP contribution in [-0.2, 0) is 24.3 Å². The highest BCUT2D eigenvalue weighted by molar-refractivity contribution is 5.82. The van der Waals surface area contributed by atoms with Crippen molar-refractivity contribution in [1.82, 2.24) is 20.4 Å². The molecule has 1 aromatic heterocycles. The highest BCUT2D eigenvalue weighted by atomic mass is 16.5. The Bertz CT molecular complexity index is 1050. The molecule has 3 aromatic rings. The third-order valence-corrected chi connectivity index (χ3v) is 5.34. The van der Waals surface area contributed by atoms with Gasteiger partial charge in [-0.3, -0.25) is 9.69 Å². The minimum absolute atomic E-state index is 0.0240. The van der Waals surface area contributed by atoms with Crippen molar-refractivity contribution in [2.45, 2.75) is 25.6 Å². The van der Waals surface area contributed by atoms with Gasteiger partial charge in [-0.25, -0.2) is 0 Å². The number of fused-ring (bicyclic) bond motifs is 1. The molecule has 30 heavy (non-hydrogen) atoms. The molecule has 1 atom stereocenters. The number of hydrogen-bond donors (Lipinski definition) is 1. The van der Waals surface area contributed by atoms with Crippen LogP contribution in [0.25, 0.3) is 11.4 Å². The third kappa shape index (κ3) is 3.86. The number of amides is 1. The molecule has 1 aliphatic heterocycles. The molecule has 8 heteroatoms. The molecule has 0 radical (unpaired) electrons. The number of methoxy groups -OCH3 is 2. The minimum atomic E-state index is -0.290. The highest BCUT2D eigenvalue weighted by Crippen LogP contribution is 2.31. The lowest BCUT2D eigenvalue weighted by Crippen LogP contribution is -2.49. The van der Waals surface area contributed by atoms with Gasteiger partial charge < -0.3 is 19.3 Å². The summed E-state index contributed by atoms with van der Waals surface area (Å²) in [7, 11) is 4.82. The Kier molecular flexibility index (Phi) is 5.67. The fraction of sp³-hybridized carbons (Fsp3) is 0.318. The van der Waals surface area contributed by atoms with E-state index in [-0.39, 0.29) is 11.9 Å². The topological polar surface area (TPSA) is 89.7 Å². The molecule has 0 aliphatic carbocycles. The minimum Gasteiger partial charge on any atom is -0.493 e. The van der Waals surface area contributed by atoms with E-state index in [1.54, 1.807) is 33.4 Å². The predicted molar refractivity (Wildman–Crippen MR) is 110 cm³/mol. The predicted octanol–water partition coefficient (Wildman–Crippen LogP) is 2.43. The summed E-state index contributed by atoms with van der Waals surface area (Å²) in [4.78, 5) is 19.1. The standard InChI is InChI=1S/C22H24N4O4/c1-23-22(27)17-10-14-6-4-5-7-16(14)12-26(17)13-20-24-21(25-30-20)15-8-9-18(28-2)19(11-15)29-3/h4-9,11,17H,10,12-13H2,1-3H3,(H,23,27)/t17-/m1/s1. The molecule has 0 spiro atoms. The van der Waals surface area contributed by atoms with Crippen molar-refractivity contribution >= 4 is 5.91 Å². The average Bonchev–Trinajstić information content (AvgIpc) is 3.26. The zero-order chi connectivity index (χ0) is 21.1. The molecule has 0 unspecified atom stereocenters. The normalized spacial score (nSPS) is 16.0. The van der Waals surface area contributed by atoms with Crippen molar-refractivity contribution in [2.75, 3.05) is 21.3 Å². The first-order valence-corrected chi connectivity index (χ1v) is 9.70. The van der Waals surface area contributed by atoms with Crippen LogP contribution in [0.2, 0.25) is 0 Å². The lowest BCUT2D eigenvalue weighted by Gasteiger charge is -2.34. The molecule has 1 amide bonds. The third-order valence-electron chi connectivity index (χ3n) is 5.34. The van der Waals surface area contributed by atoms with E-state index in [2.05, 4.69) is 32.5 Å². The quantitative estimate of drug-likeness (QED) is 0.670. The van der Waals surface area contributed by atoms with Crippen LogP contribution in [0.15, 0.2) is 47.0 Å². The second-order valence-corrected chi connectivity index (χ2v) is 7.09. The second kappa shape index (κ2) is 8.54. The molecule has 8 nitrogen and oxygen atoms in total. The second-order valence-electron chi connectivity index (χ2n) is 7.09. The first-order valence-electron chi connectivity index (χ1n) is 9.70. The van der Waals surface area contributed by atoms with Crippen molar-refractivity contribution in [2.24, 2.45) is 0 Å². The Labute approximate surface area is 174 Å². The summed E-state index contributed by atoms with van der Waals surface area (Å²) in [5, 5.41) is 6.87. The molecule has 0 fully saturated rings. The fourth-order valence-electron chi connectivity index (χ4n) is 3.75. The van der Waals surface area contributed by atoms with Crippen molar-refractivity contribution in [3.05, 3.63) is 59.5 Å². The Hall–Kier alpha value is -3.39. The number of ether oxygens (including phenoxy) is 2. The Morgan fingerprint density at radius 2 is 1.93 bits per heavy atom. The summed E-state index contributed by atoms with van der Waals surface area (Å²) in [5.41, 5.74) is 3.16. The van der Waals surface area contributed by atoms with E-state index < -0.39 is 0 Å². The molecule has 2 heterocycles. The maximum Gasteiger partial charge on any atom is 0.241 e. The Morgan fingerprint density at radius 1 is 1.17 bits per heavy atom. The molecule has 156 valence electrons. The molecule has 2 aromatic carbocycles. The van der Waals surface area contributed by atoms with Gasteiger partial charge in [0.2, 0.25) is 17.6 Å². The van der Waals surface area contributed by atoms with Crippen molar-refractivity contribution in [3.8, 4) is 22.9 Å². The van der Waals surface area contributed by atoms with Gasteiger partial charge in [0, 0.05) is 19.2 Å². The summed E-state index contributed by atoms with van der Waals surface area (Å²) >= 11 is 0. The van der Waals surface area contributed by atoms with E-state index >= 15 is 0 Å². The molecule has 1 N–H and O–H groups in total. The molecular formula is C22H24N4O4. The van der Waals surface area contributed by atoms with E-state index in [0.717, 1.165) is 5.56 Å². The van der Waals surface area contributed by atoms with Gasteiger partial charge in [0.15, 0.2) is 11.5 Å². The Morgan fingerprint density at radius 3 is 2.67 bits per heavy atom. The maximum absolute atomic E-state index is 12.5. The van der Waals surface area contributed by atoms with Gasteiger partial charge in [-0.1, -0.05) is 29.4 Å². The van der Waals surface area contributed by atoms with Crippen molar-refractivity contribution < 1.29 is 18.8 Å². The number of nitrogens with zero attached hydrogens (tertiary/aromatic N) is 3. The molecule has 4 rings (SSSR count). The lowest BCUT2D eigenvalue weighted by atomic mass is 9.93. The van der Waals surface area contributed by atoms with Gasteiger partial charge in [0.25, 0.3) is 0 Å². The first-order chi connectivity index (χ1) is 14.6. The summed E-state index contributed by atoms with van der Waals surface area (Å²) < 4.78 is 16.1. The fourth-order valence-corrected chi connectivity index (χ4v) is 3.75. The van der Waals surface area contributed by atoms with Crippen LogP contribution in [0.3, 0.4) is 0 Å². The molecule has 0 saturated heterocycles. The van der Waals surface area contributed by atoms with Crippen LogP contribution >= 0.6 is 0 Å². The number of rotatable bonds is 6. The van der Waals surface area contributed by atoms with E-state index in [4.69, 9.17) is 14.0 Å². The van der Waals surface area contributed by atoms with Crippen LogP contribution in [-0.4, -0.2) is 48.3 Å². The van der Waals surface area contributed by atoms with Crippen LogP contribution in [0, 0.1) is 0 Å². The summed E-state index contributed by atoms with van der Waals surface area (Å²) in [6, 6.07) is 13.3.